The summed E-state index contributed by atoms with van der Waals surface area (Å²) < 4.78 is 7.25. The smallest absolute Gasteiger partial charge is 0.155 e. The van der Waals surface area contributed by atoms with Crippen molar-refractivity contribution in [3.8, 4) is 17.0 Å². The van der Waals surface area contributed by atoms with Gasteiger partial charge in [0.2, 0.25) is 0 Å². The van der Waals surface area contributed by atoms with Crippen LogP contribution in [0.3, 0.4) is 0 Å². The molecule has 3 aromatic rings. The number of hydrogen-bond donors (Lipinski definition) is 0. The highest BCUT2D eigenvalue weighted by atomic mass is 16.5. The van der Waals surface area contributed by atoms with Crippen molar-refractivity contribution in [2.24, 2.45) is 0 Å². The van der Waals surface area contributed by atoms with E-state index in [1.165, 1.54) is 0 Å². The summed E-state index contributed by atoms with van der Waals surface area (Å²) in [6.07, 6.45) is 7.32. The molecule has 0 saturated heterocycles. The molecule has 2 aromatic heterocycles. The predicted octanol–water partition coefficient (Wildman–Crippen LogP) is 2.71. The topological polar surface area (TPSA) is 39.4 Å². The summed E-state index contributed by atoms with van der Waals surface area (Å²) in [6, 6.07) is 6.02. The summed E-state index contributed by atoms with van der Waals surface area (Å²) in [5.41, 5.74) is 4.16. The number of nitrogens with zero attached hydrogens (tertiary/aromatic N) is 3. The van der Waals surface area contributed by atoms with Crippen LogP contribution in [0.4, 0.5) is 0 Å². The molecule has 1 aromatic carbocycles. The van der Waals surface area contributed by atoms with Gasteiger partial charge >= 0.3 is 0 Å². The minimum Gasteiger partial charge on any atom is -0.497 e. The van der Waals surface area contributed by atoms with Crippen molar-refractivity contribution >= 4 is 5.65 Å². The zero-order valence-electron chi connectivity index (χ0n) is 10.3. The molecule has 0 N–H and O–H groups in total. The second-order valence-corrected chi connectivity index (χ2v) is 4.13. The molecule has 0 aliphatic heterocycles. The number of ether oxygens (including phenoxy) is 1. The van der Waals surface area contributed by atoms with Crippen molar-refractivity contribution in [1.82, 2.24) is 14.4 Å². The molecule has 0 spiro atoms. The molecule has 2 heterocycles. The molecule has 4 nitrogen and oxygen atoms in total. The Kier molecular flexibility index (Phi) is 2.48. The third-order valence-corrected chi connectivity index (χ3v) is 3.03. The minimum absolute atomic E-state index is 0.850. The molecule has 0 atom stereocenters. The quantitative estimate of drug-likeness (QED) is 0.690. The van der Waals surface area contributed by atoms with Crippen LogP contribution in [0.5, 0.6) is 5.75 Å². The Morgan fingerprint density at radius 3 is 2.89 bits per heavy atom. The van der Waals surface area contributed by atoms with Gasteiger partial charge in [0.15, 0.2) is 5.65 Å². The van der Waals surface area contributed by atoms with Crippen molar-refractivity contribution in [2.75, 3.05) is 7.11 Å². The Bertz CT molecular complexity index is 703. The van der Waals surface area contributed by atoms with Gasteiger partial charge in [0.25, 0.3) is 0 Å². The van der Waals surface area contributed by atoms with Crippen molar-refractivity contribution in [2.45, 2.75) is 6.92 Å². The maximum Gasteiger partial charge on any atom is 0.155 e. The SMILES string of the molecule is COc1ccc(-c2cncc3nccn23)c(C)c1. The first kappa shape index (κ1) is 10.8. The molecule has 90 valence electrons. The van der Waals surface area contributed by atoms with E-state index in [0.717, 1.165) is 28.2 Å². The summed E-state index contributed by atoms with van der Waals surface area (Å²) in [6.45, 7) is 2.06. The number of aryl methyl sites for hydroxylation is 1. The standard InChI is InChI=1S/C14H13N3O/c1-10-7-11(18-2)3-4-12(10)13-8-15-9-14-16-5-6-17(13)14/h3-9H,1-2H3. The van der Waals surface area contributed by atoms with Gasteiger partial charge in [-0.1, -0.05) is 0 Å². The second-order valence-electron chi connectivity index (χ2n) is 4.13. The average molecular weight is 239 g/mol. The molecule has 0 saturated carbocycles. The normalized spacial score (nSPS) is 10.8. The summed E-state index contributed by atoms with van der Waals surface area (Å²) >= 11 is 0. The lowest BCUT2D eigenvalue weighted by atomic mass is 10.1. The van der Waals surface area contributed by atoms with E-state index >= 15 is 0 Å². The monoisotopic (exact) mass is 239 g/mol. The van der Waals surface area contributed by atoms with Gasteiger partial charge in [-0.25, -0.2) is 4.98 Å². The largest absolute Gasteiger partial charge is 0.497 e. The maximum atomic E-state index is 5.22. The number of benzene rings is 1. The van der Waals surface area contributed by atoms with Crippen LogP contribution in [0.15, 0.2) is 43.0 Å². The fourth-order valence-electron chi connectivity index (χ4n) is 2.10. The van der Waals surface area contributed by atoms with Crippen molar-refractivity contribution in [3.63, 3.8) is 0 Å². The number of fused-ring (bicyclic) bond motifs is 1. The molecular weight excluding hydrogens is 226 g/mol. The van der Waals surface area contributed by atoms with Crippen LogP contribution in [-0.2, 0) is 0 Å². The van der Waals surface area contributed by atoms with Crippen LogP contribution in [0.25, 0.3) is 16.9 Å². The Labute approximate surface area is 105 Å². The number of imidazole rings is 1. The second kappa shape index (κ2) is 4.14. The molecule has 0 radical (unpaired) electrons. The van der Waals surface area contributed by atoms with E-state index in [-0.39, 0.29) is 0 Å². The Balaban J connectivity index is 2.23. The van der Waals surface area contributed by atoms with Crippen LogP contribution < -0.4 is 4.74 Å². The van der Waals surface area contributed by atoms with Crippen LogP contribution in [-0.4, -0.2) is 21.5 Å². The molecule has 4 heteroatoms. The van der Waals surface area contributed by atoms with E-state index in [2.05, 4.69) is 16.9 Å². The van der Waals surface area contributed by atoms with Crippen molar-refractivity contribution in [3.05, 3.63) is 48.5 Å². The van der Waals surface area contributed by atoms with Crippen LogP contribution in [0.2, 0.25) is 0 Å². The van der Waals surface area contributed by atoms with Gasteiger partial charge in [0.1, 0.15) is 5.75 Å². The van der Waals surface area contributed by atoms with Crippen LogP contribution >= 0.6 is 0 Å². The third-order valence-electron chi connectivity index (χ3n) is 3.03. The van der Waals surface area contributed by atoms with E-state index in [9.17, 15) is 0 Å². The minimum atomic E-state index is 0.850. The summed E-state index contributed by atoms with van der Waals surface area (Å²) in [5.74, 6) is 0.863. The predicted molar refractivity (Wildman–Crippen MR) is 69.7 cm³/mol. The van der Waals surface area contributed by atoms with Crippen LogP contribution in [0.1, 0.15) is 5.56 Å². The zero-order chi connectivity index (χ0) is 12.5. The number of aromatic nitrogens is 3. The number of hydrogen-bond acceptors (Lipinski definition) is 3. The molecule has 3 rings (SSSR count). The molecule has 0 bridgehead atoms. The highest BCUT2D eigenvalue weighted by Gasteiger charge is 2.07. The summed E-state index contributed by atoms with van der Waals surface area (Å²) in [4.78, 5) is 8.47. The van der Waals surface area contributed by atoms with Gasteiger partial charge in [0, 0.05) is 18.0 Å². The lowest BCUT2D eigenvalue weighted by Gasteiger charge is -2.09. The van der Waals surface area contributed by atoms with Gasteiger partial charge in [-0.2, -0.15) is 0 Å². The van der Waals surface area contributed by atoms with Crippen molar-refractivity contribution in [1.29, 1.82) is 0 Å². The van der Waals surface area contributed by atoms with E-state index in [4.69, 9.17) is 4.74 Å². The lowest BCUT2D eigenvalue weighted by molar-refractivity contribution is 0.414. The molecule has 0 fully saturated rings. The van der Waals surface area contributed by atoms with E-state index in [1.54, 1.807) is 19.5 Å². The first-order valence-electron chi connectivity index (χ1n) is 5.71. The highest BCUT2D eigenvalue weighted by Crippen LogP contribution is 2.26. The van der Waals surface area contributed by atoms with Gasteiger partial charge in [-0.15, -0.1) is 0 Å². The highest BCUT2D eigenvalue weighted by molar-refractivity contribution is 5.66. The molecule has 0 unspecified atom stereocenters. The van der Waals surface area contributed by atoms with Gasteiger partial charge in [0.05, 0.1) is 25.2 Å². The van der Waals surface area contributed by atoms with Gasteiger partial charge in [-0.3, -0.25) is 9.38 Å². The summed E-state index contributed by atoms with van der Waals surface area (Å²) in [5, 5.41) is 0. The molecular formula is C14H13N3O. The van der Waals surface area contributed by atoms with Crippen LogP contribution in [0, 0.1) is 6.92 Å². The first-order chi connectivity index (χ1) is 8.79. The third kappa shape index (κ3) is 1.62. The lowest BCUT2D eigenvalue weighted by Crippen LogP contribution is -1.95. The Morgan fingerprint density at radius 2 is 2.11 bits per heavy atom. The number of methoxy groups -OCH3 is 1. The Morgan fingerprint density at radius 1 is 1.22 bits per heavy atom. The fraction of sp³-hybridized carbons (Fsp3) is 0.143. The fourth-order valence-corrected chi connectivity index (χ4v) is 2.10. The molecule has 18 heavy (non-hydrogen) atoms. The maximum absolute atomic E-state index is 5.22. The molecule has 0 amide bonds. The van der Waals surface area contributed by atoms with Gasteiger partial charge in [-0.05, 0) is 30.7 Å². The van der Waals surface area contributed by atoms with E-state index in [0.29, 0.717) is 0 Å². The summed E-state index contributed by atoms with van der Waals surface area (Å²) in [7, 11) is 1.67. The van der Waals surface area contributed by atoms with Crippen molar-refractivity contribution < 1.29 is 4.74 Å². The van der Waals surface area contributed by atoms with Gasteiger partial charge < -0.3 is 4.74 Å². The van der Waals surface area contributed by atoms with E-state index < -0.39 is 0 Å². The zero-order valence-corrected chi connectivity index (χ0v) is 10.3. The Hall–Kier alpha value is -2.36. The van der Waals surface area contributed by atoms with E-state index in [1.807, 2.05) is 35.0 Å². The molecule has 0 aliphatic carbocycles. The molecule has 0 aliphatic rings. The number of rotatable bonds is 2. The average Bonchev–Trinajstić information content (AvgIpc) is 2.87. The first-order valence-corrected chi connectivity index (χ1v) is 5.71.